The van der Waals surface area contributed by atoms with Gasteiger partial charge in [-0.1, -0.05) is 29.8 Å². The minimum atomic E-state index is -0.161. The molecule has 0 fully saturated rings. The molecule has 0 aliphatic rings. The number of rotatable bonds is 5. The molecule has 0 saturated heterocycles. The van der Waals surface area contributed by atoms with Gasteiger partial charge in [0.1, 0.15) is 19.2 Å². The van der Waals surface area contributed by atoms with Gasteiger partial charge in [-0.25, -0.2) is 14.6 Å². The number of nitrogens with zero attached hydrogens (tertiary/aromatic N) is 4. The van der Waals surface area contributed by atoms with Crippen molar-refractivity contribution < 1.29 is 4.79 Å². The fourth-order valence-electron chi connectivity index (χ4n) is 2.16. The molecule has 0 spiro atoms. The van der Waals surface area contributed by atoms with Gasteiger partial charge in [0.15, 0.2) is 5.13 Å². The van der Waals surface area contributed by atoms with Crippen LogP contribution in [0.3, 0.4) is 0 Å². The van der Waals surface area contributed by atoms with Gasteiger partial charge in [0.2, 0.25) is 5.91 Å². The lowest BCUT2D eigenvalue weighted by molar-refractivity contribution is -0.116. The highest BCUT2D eigenvalue weighted by atomic mass is 32.1. The predicted octanol–water partition coefficient (Wildman–Crippen LogP) is 2.58. The van der Waals surface area contributed by atoms with Crippen LogP contribution in [-0.2, 0) is 17.8 Å². The van der Waals surface area contributed by atoms with E-state index in [1.165, 1.54) is 39.8 Å². The van der Waals surface area contributed by atoms with Crippen molar-refractivity contribution in [2.45, 2.75) is 26.8 Å². The SMILES string of the molecule is Cc1ccc(Cc2sc(NC(=O)Cn3cncn3)nc2C)cc1. The molecule has 0 saturated carbocycles. The lowest BCUT2D eigenvalue weighted by Crippen LogP contribution is -2.18. The van der Waals surface area contributed by atoms with Crippen LogP contribution in [0.4, 0.5) is 5.13 Å². The van der Waals surface area contributed by atoms with Crippen molar-refractivity contribution in [2.75, 3.05) is 5.32 Å². The van der Waals surface area contributed by atoms with Crippen molar-refractivity contribution in [2.24, 2.45) is 0 Å². The van der Waals surface area contributed by atoms with Crippen LogP contribution >= 0.6 is 11.3 Å². The Hall–Kier alpha value is -2.54. The van der Waals surface area contributed by atoms with E-state index in [0.29, 0.717) is 5.13 Å². The van der Waals surface area contributed by atoms with Crippen LogP contribution in [0.25, 0.3) is 0 Å². The van der Waals surface area contributed by atoms with Gasteiger partial charge in [0.05, 0.1) is 5.69 Å². The van der Waals surface area contributed by atoms with Gasteiger partial charge in [-0.15, -0.1) is 11.3 Å². The molecular formula is C16H17N5OS. The van der Waals surface area contributed by atoms with E-state index in [0.717, 1.165) is 17.0 Å². The maximum absolute atomic E-state index is 12.0. The third-order valence-electron chi connectivity index (χ3n) is 3.40. The van der Waals surface area contributed by atoms with Crippen molar-refractivity contribution in [3.8, 4) is 0 Å². The number of nitrogens with one attached hydrogen (secondary N) is 1. The van der Waals surface area contributed by atoms with Crippen LogP contribution in [0, 0.1) is 13.8 Å². The number of hydrogen-bond acceptors (Lipinski definition) is 5. The predicted molar refractivity (Wildman–Crippen MR) is 89.5 cm³/mol. The molecule has 1 aromatic carbocycles. The zero-order chi connectivity index (χ0) is 16.2. The van der Waals surface area contributed by atoms with Crippen molar-refractivity contribution in [1.82, 2.24) is 19.7 Å². The van der Waals surface area contributed by atoms with Crippen molar-refractivity contribution >= 4 is 22.4 Å². The second-order valence-electron chi connectivity index (χ2n) is 5.33. The van der Waals surface area contributed by atoms with E-state index in [4.69, 9.17) is 0 Å². The molecule has 0 aliphatic carbocycles. The standard InChI is InChI=1S/C16H17N5OS/c1-11-3-5-13(6-4-11)7-14-12(2)19-16(23-14)20-15(22)8-21-10-17-9-18-21/h3-6,9-10H,7-8H2,1-2H3,(H,19,20,22). The van der Waals surface area contributed by atoms with Crippen LogP contribution < -0.4 is 5.32 Å². The summed E-state index contributed by atoms with van der Waals surface area (Å²) >= 11 is 1.51. The first kappa shape index (κ1) is 15.4. The van der Waals surface area contributed by atoms with Crippen LogP contribution in [0.2, 0.25) is 0 Å². The van der Waals surface area contributed by atoms with Crippen LogP contribution in [0.5, 0.6) is 0 Å². The van der Waals surface area contributed by atoms with Crippen molar-refractivity contribution in [3.63, 3.8) is 0 Å². The maximum Gasteiger partial charge on any atom is 0.247 e. The number of amides is 1. The Kier molecular flexibility index (Phi) is 4.47. The molecule has 1 N–H and O–H groups in total. The smallest absolute Gasteiger partial charge is 0.247 e. The second kappa shape index (κ2) is 6.70. The normalized spacial score (nSPS) is 10.7. The van der Waals surface area contributed by atoms with E-state index in [1.807, 2.05) is 6.92 Å². The van der Waals surface area contributed by atoms with Crippen LogP contribution in [0.1, 0.15) is 21.7 Å². The number of benzene rings is 1. The molecule has 3 aromatic rings. The molecule has 118 valence electrons. The fourth-order valence-corrected chi connectivity index (χ4v) is 3.17. The van der Waals surface area contributed by atoms with Gasteiger partial charge in [0.25, 0.3) is 0 Å². The summed E-state index contributed by atoms with van der Waals surface area (Å²) in [7, 11) is 0. The summed E-state index contributed by atoms with van der Waals surface area (Å²) in [4.78, 5) is 21.4. The molecule has 0 aliphatic heterocycles. The van der Waals surface area contributed by atoms with E-state index in [1.54, 1.807) is 0 Å². The summed E-state index contributed by atoms with van der Waals surface area (Å²) in [6.07, 6.45) is 3.73. The molecule has 6 nitrogen and oxygen atoms in total. The Bertz CT molecular complexity index is 793. The lowest BCUT2D eigenvalue weighted by Gasteiger charge is -2.01. The highest BCUT2D eigenvalue weighted by Gasteiger charge is 2.11. The number of thiazole rings is 1. The average Bonchev–Trinajstić information content (AvgIpc) is 3.12. The van der Waals surface area contributed by atoms with Gasteiger partial charge in [0, 0.05) is 11.3 Å². The summed E-state index contributed by atoms with van der Waals surface area (Å²) < 4.78 is 1.48. The molecule has 0 unspecified atom stereocenters. The van der Waals surface area contributed by atoms with Gasteiger partial charge in [-0.3, -0.25) is 4.79 Å². The summed E-state index contributed by atoms with van der Waals surface area (Å²) in [6.45, 7) is 4.17. The molecule has 2 aromatic heterocycles. The Labute approximate surface area is 138 Å². The minimum absolute atomic E-state index is 0.131. The lowest BCUT2D eigenvalue weighted by atomic mass is 10.1. The number of carbonyl (C=O) groups is 1. The van der Waals surface area contributed by atoms with Gasteiger partial charge < -0.3 is 5.32 Å². The summed E-state index contributed by atoms with van der Waals surface area (Å²) in [5.74, 6) is -0.161. The number of hydrogen-bond donors (Lipinski definition) is 1. The van der Waals surface area contributed by atoms with Crippen molar-refractivity contribution in [3.05, 3.63) is 58.6 Å². The summed E-state index contributed by atoms with van der Waals surface area (Å²) in [5.41, 5.74) is 3.44. The first-order valence-corrected chi connectivity index (χ1v) is 8.06. The highest BCUT2D eigenvalue weighted by Crippen LogP contribution is 2.25. The minimum Gasteiger partial charge on any atom is -0.300 e. The van der Waals surface area contributed by atoms with E-state index >= 15 is 0 Å². The number of aromatic nitrogens is 4. The summed E-state index contributed by atoms with van der Waals surface area (Å²) in [6, 6.07) is 8.45. The Morgan fingerprint density at radius 3 is 2.74 bits per heavy atom. The number of anilines is 1. The Morgan fingerprint density at radius 1 is 1.26 bits per heavy atom. The highest BCUT2D eigenvalue weighted by molar-refractivity contribution is 7.15. The number of aryl methyl sites for hydroxylation is 2. The second-order valence-corrected chi connectivity index (χ2v) is 6.41. The topological polar surface area (TPSA) is 72.7 Å². The molecule has 0 radical (unpaired) electrons. The van der Waals surface area contributed by atoms with E-state index in [9.17, 15) is 4.79 Å². The third-order valence-corrected chi connectivity index (χ3v) is 4.47. The zero-order valence-electron chi connectivity index (χ0n) is 13.0. The number of carbonyl (C=O) groups excluding carboxylic acids is 1. The fraction of sp³-hybridized carbons (Fsp3) is 0.250. The van der Waals surface area contributed by atoms with E-state index in [2.05, 4.69) is 51.6 Å². The van der Waals surface area contributed by atoms with Gasteiger partial charge in [-0.05, 0) is 19.4 Å². The zero-order valence-corrected chi connectivity index (χ0v) is 13.8. The molecular weight excluding hydrogens is 310 g/mol. The van der Waals surface area contributed by atoms with Crippen molar-refractivity contribution in [1.29, 1.82) is 0 Å². The molecule has 0 atom stereocenters. The van der Waals surface area contributed by atoms with E-state index in [-0.39, 0.29) is 12.5 Å². The Morgan fingerprint density at radius 2 is 2.04 bits per heavy atom. The third kappa shape index (κ3) is 4.01. The summed E-state index contributed by atoms with van der Waals surface area (Å²) in [5, 5.41) is 7.35. The molecule has 1 amide bonds. The first-order chi connectivity index (χ1) is 11.1. The molecule has 3 rings (SSSR count). The largest absolute Gasteiger partial charge is 0.300 e. The molecule has 2 heterocycles. The average molecular weight is 327 g/mol. The van der Waals surface area contributed by atoms with Crippen LogP contribution in [-0.4, -0.2) is 25.7 Å². The first-order valence-electron chi connectivity index (χ1n) is 7.24. The quantitative estimate of drug-likeness (QED) is 0.782. The molecule has 23 heavy (non-hydrogen) atoms. The molecule has 0 bridgehead atoms. The monoisotopic (exact) mass is 327 g/mol. The van der Waals surface area contributed by atoms with Gasteiger partial charge >= 0.3 is 0 Å². The van der Waals surface area contributed by atoms with Crippen LogP contribution in [0.15, 0.2) is 36.9 Å². The Balaban J connectivity index is 1.65. The maximum atomic E-state index is 12.0. The molecule has 7 heteroatoms. The van der Waals surface area contributed by atoms with Gasteiger partial charge in [-0.2, -0.15) is 5.10 Å². The van der Waals surface area contributed by atoms with E-state index < -0.39 is 0 Å².